The second kappa shape index (κ2) is 6.54. The summed E-state index contributed by atoms with van der Waals surface area (Å²) < 4.78 is 5.36. The molecule has 0 aliphatic heterocycles. The molecule has 1 heterocycles. The number of aromatic nitrogens is 1. The molecular formula is C16H21N3O2. The first-order valence-electron chi connectivity index (χ1n) is 7.10. The van der Waals surface area contributed by atoms with Crippen molar-refractivity contribution in [3.05, 3.63) is 36.2 Å². The van der Waals surface area contributed by atoms with E-state index in [9.17, 15) is 4.79 Å². The number of benzene rings is 1. The Hall–Kier alpha value is -2.14. The normalized spacial score (nSPS) is 13.7. The molecule has 0 saturated heterocycles. The van der Waals surface area contributed by atoms with E-state index in [1.807, 2.05) is 45.0 Å². The lowest BCUT2D eigenvalue weighted by Gasteiger charge is -2.17. The van der Waals surface area contributed by atoms with E-state index in [1.54, 1.807) is 6.26 Å². The highest BCUT2D eigenvalue weighted by atomic mass is 16.3. The van der Waals surface area contributed by atoms with Crippen LogP contribution in [0, 0.1) is 12.8 Å². The number of carbonyl (C=O) groups is 1. The number of amides is 1. The van der Waals surface area contributed by atoms with Crippen molar-refractivity contribution in [3.63, 3.8) is 0 Å². The maximum absolute atomic E-state index is 12.1. The van der Waals surface area contributed by atoms with Crippen LogP contribution in [0.15, 0.2) is 34.9 Å². The van der Waals surface area contributed by atoms with E-state index in [2.05, 4.69) is 10.3 Å². The summed E-state index contributed by atoms with van der Waals surface area (Å²) in [5.74, 6) is 0.502. The van der Waals surface area contributed by atoms with Crippen LogP contribution < -0.4 is 11.1 Å². The van der Waals surface area contributed by atoms with Gasteiger partial charge in [0.25, 0.3) is 0 Å². The number of nitrogens with one attached hydrogen (secondary N) is 1. The van der Waals surface area contributed by atoms with Gasteiger partial charge in [0.05, 0.1) is 11.7 Å². The number of nitrogens with two attached hydrogens (primary N) is 1. The summed E-state index contributed by atoms with van der Waals surface area (Å²) in [6.07, 6.45) is 2.46. The SMILES string of the molecule is CCC(C)C(N)C(=O)Nc1cccc(-c2nc(C)co2)c1. The zero-order valence-corrected chi connectivity index (χ0v) is 12.6. The standard InChI is InChI=1S/C16H21N3O2/c1-4-10(2)14(17)15(20)19-13-7-5-6-12(8-13)16-18-11(3)9-21-16/h5-10,14H,4,17H2,1-3H3,(H,19,20). The number of rotatable bonds is 5. The molecule has 2 aromatic rings. The van der Waals surface area contributed by atoms with Gasteiger partial charge in [0, 0.05) is 11.3 Å². The predicted molar refractivity (Wildman–Crippen MR) is 82.7 cm³/mol. The van der Waals surface area contributed by atoms with Crippen LogP contribution in [0.25, 0.3) is 11.5 Å². The first kappa shape index (κ1) is 15.3. The molecule has 0 saturated carbocycles. The Labute approximate surface area is 124 Å². The second-order valence-electron chi connectivity index (χ2n) is 5.28. The Kier molecular flexibility index (Phi) is 4.75. The van der Waals surface area contributed by atoms with Crippen LogP contribution in [-0.2, 0) is 4.79 Å². The molecule has 1 aromatic heterocycles. The number of aryl methyl sites for hydroxylation is 1. The Morgan fingerprint density at radius 1 is 1.48 bits per heavy atom. The first-order chi connectivity index (χ1) is 10.0. The largest absolute Gasteiger partial charge is 0.444 e. The minimum atomic E-state index is -0.511. The average molecular weight is 287 g/mol. The maximum atomic E-state index is 12.1. The highest BCUT2D eigenvalue weighted by Gasteiger charge is 2.19. The van der Waals surface area contributed by atoms with Gasteiger partial charge in [-0.3, -0.25) is 4.79 Å². The molecule has 5 nitrogen and oxygen atoms in total. The van der Waals surface area contributed by atoms with E-state index in [0.29, 0.717) is 11.6 Å². The van der Waals surface area contributed by atoms with Crippen molar-refractivity contribution in [1.29, 1.82) is 0 Å². The van der Waals surface area contributed by atoms with Crippen LogP contribution in [-0.4, -0.2) is 16.9 Å². The molecule has 112 valence electrons. The lowest BCUT2D eigenvalue weighted by atomic mass is 9.99. The predicted octanol–water partition coefficient (Wildman–Crippen LogP) is 2.96. The molecule has 2 rings (SSSR count). The van der Waals surface area contributed by atoms with Gasteiger partial charge >= 0.3 is 0 Å². The van der Waals surface area contributed by atoms with Gasteiger partial charge < -0.3 is 15.5 Å². The number of anilines is 1. The van der Waals surface area contributed by atoms with Crippen molar-refractivity contribution < 1.29 is 9.21 Å². The zero-order chi connectivity index (χ0) is 15.4. The van der Waals surface area contributed by atoms with Crippen LogP contribution in [0.1, 0.15) is 26.0 Å². The monoisotopic (exact) mass is 287 g/mol. The average Bonchev–Trinajstić information content (AvgIpc) is 2.92. The van der Waals surface area contributed by atoms with Crippen molar-refractivity contribution in [3.8, 4) is 11.5 Å². The van der Waals surface area contributed by atoms with Crippen LogP contribution in [0.2, 0.25) is 0 Å². The van der Waals surface area contributed by atoms with Gasteiger partial charge in [0.1, 0.15) is 6.26 Å². The third-order valence-corrected chi connectivity index (χ3v) is 3.56. The van der Waals surface area contributed by atoms with E-state index in [0.717, 1.165) is 17.7 Å². The maximum Gasteiger partial charge on any atom is 0.241 e. The van der Waals surface area contributed by atoms with Crippen molar-refractivity contribution in [2.24, 2.45) is 11.7 Å². The van der Waals surface area contributed by atoms with Crippen molar-refractivity contribution in [1.82, 2.24) is 4.98 Å². The lowest BCUT2D eigenvalue weighted by molar-refractivity contribution is -0.118. The number of carbonyl (C=O) groups excluding carboxylic acids is 1. The van der Waals surface area contributed by atoms with Crippen molar-refractivity contribution >= 4 is 11.6 Å². The van der Waals surface area contributed by atoms with Crippen LogP contribution in [0.3, 0.4) is 0 Å². The summed E-state index contributed by atoms with van der Waals surface area (Å²) in [5, 5.41) is 2.84. The molecule has 0 fully saturated rings. The van der Waals surface area contributed by atoms with Gasteiger partial charge in [0.15, 0.2) is 0 Å². The van der Waals surface area contributed by atoms with E-state index in [-0.39, 0.29) is 11.8 Å². The Morgan fingerprint density at radius 2 is 2.24 bits per heavy atom. The third-order valence-electron chi connectivity index (χ3n) is 3.56. The highest BCUT2D eigenvalue weighted by molar-refractivity contribution is 5.95. The Balaban J connectivity index is 2.13. The minimum Gasteiger partial charge on any atom is -0.444 e. The number of oxazole rings is 1. The molecular weight excluding hydrogens is 266 g/mol. The van der Waals surface area contributed by atoms with E-state index in [4.69, 9.17) is 10.2 Å². The minimum absolute atomic E-state index is 0.141. The Bertz CT molecular complexity index is 621. The summed E-state index contributed by atoms with van der Waals surface area (Å²) in [6.45, 7) is 5.85. The van der Waals surface area contributed by atoms with Gasteiger partial charge in [0.2, 0.25) is 11.8 Å². The van der Waals surface area contributed by atoms with Gasteiger partial charge in [-0.1, -0.05) is 26.3 Å². The second-order valence-corrected chi connectivity index (χ2v) is 5.28. The van der Waals surface area contributed by atoms with E-state index in [1.165, 1.54) is 0 Å². The zero-order valence-electron chi connectivity index (χ0n) is 12.6. The highest BCUT2D eigenvalue weighted by Crippen LogP contribution is 2.22. The molecule has 0 aliphatic rings. The molecule has 3 N–H and O–H groups in total. The summed E-state index contributed by atoms with van der Waals surface area (Å²) in [4.78, 5) is 16.4. The molecule has 2 unspecified atom stereocenters. The number of hydrogen-bond donors (Lipinski definition) is 2. The molecule has 0 bridgehead atoms. The number of hydrogen-bond acceptors (Lipinski definition) is 4. The summed E-state index contributed by atoms with van der Waals surface area (Å²) >= 11 is 0. The molecule has 1 amide bonds. The summed E-state index contributed by atoms with van der Waals surface area (Å²) in [5.41, 5.74) is 8.25. The topological polar surface area (TPSA) is 81.2 Å². The van der Waals surface area contributed by atoms with Gasteiger partial charge in [-0.15, -0.1) is 0 Å². The van der Waals surface area contributed by atoms with Crippen molar-refractivity contribution in [2.75, 3.05) is 5.32 Å². The smallest absolute Gasteiger partial charge is 0.241 e. The van der Waals surface area contributed by atoms with Gasteiger partial charge in [-0.25, -0.2) is 4.98 Å². The molecule has 21 heavy (non-hydrogen) atoms. The van der Waals surface area contributed by atoms with Crippen molar-refractivity contribution in [2.45, 2.75) is 33.2 Å². The molecule has 5 heteroatoms. The van der Waals surface area contributed by atoms with E-state index < -0.39 is 6.04 Å². The number of nitrogens with zero attached hydrogens (tertiary/aromatic N) is 1. The van der Waals surface area contributed by atoms with Crippen LogP contribution in [0.4, 0.5) is 5.69 Å². The molecule has 1 aromatic carbocycles. The molecule has 2 atom stereocenters. The Morgan fingerprint density at radius 3 is 2.86 bits per heavy atom. The molecule has 0 radical (unpaired) electrons. The quantitative estimate of drug-likeness (QED) is 0.885. The lowest BCUT2D eigenvalue weighted by Crippen LogP contribution is -2.40. The molecule has 0 aliphatic carbocycles. The van der Waals surface area contributed by atoms with Crippen LogP contribution in [0.5, 0.6) is 0 Å². The summed E-state index contributed by atoms with van der Waals surface area (Å²) in [6, 6.07) is 6.87. The fourth-order valence-electron chi connectivity index (χ4n) is 1.95. The summed E-state index contributed by atoms with van der Waals surface area (Å²) in [7, 11) is 0. The molecule has 0 spiro atoms. The first-order valence-corrected chi connectivity index (χ1v) is 7.10. The third kappa shape index (κ3) is 3.70. The van der Waals surface area contributed by atoms with Gasteiger partial charge in [-0.05, 0) is 31.0 Å². The van der Waals surface area contributed by atoms with E-state index >= 15 is 0 Å². The van der Waals surface area contributed by atoms with Crippen LogP contribution >= 0.6 is 0 Å². The fourth-order valence-corrected chi connectivity index (χ4v) is 1.95. The van der Waals surface area contributed by atoms with Gasteiger partial charge in [-0.2, -0.15) is 0 Å². The fraction of sp³-hybridized carbons (Fsp3) is 0.375.